The van der Waals surface area contributed by atoms with Crippen molar-refractivity contribution in [2.24, 2.45) is 5.73 Å². The van der Waals surface area contributed by atoms with Crippen LogP contribution in [0.4, 0.5) is 0 Å². The highest BCUT2D eigenvalue weighted by Crippen LogP contribution is 2.17. The molecule has 4 atom stereocenters. The van der Waals surface area contributed by atoms with E-state index in [1.54, 1.807) is 0 Å². The Balaban J connectivity index is 5.21. The molecule has 0 bridgehead atoms. The normalized spacial score (nSPS) is 21.4. The molecule has 0 aromatic heterocycles. The van der Waals surface area contributed by atoms with Crippen LogP contribution in [0.25, 0.3) is 0 Å². The summed E-state index contributed by atoms with van der Waals surface area (Å²) in [5.74, 6) is -3.09. The number of ketones is 1. The molecule has 0 radical (unpaired) electrons. The minimum absolute atomic E-state index is 0.970. The molecule has 0 unspecified atom stereocenters. The van der Waals surface area contributed by atoms with E-state index in [4.69, 9.17) is 17.3 Å². The summed E-state index contributed by atoms with van der Waals surface area (Å²) in [6, 6.07) is 0. The lowest BCUT2D eigenvalue weighted by Crippen LogP contribution is -2.63. The zero-order chi connectivity index (χ0) is 13.8. The first-order valence-corrected chi connectivity index (χ1v) is 4.23. The van der Waals surface area contributed by atoms with Crippen molar-refractivity contribution in [2.75, 3.05) is 6.61 Å². The molecule has 0 spiro atoms. The van der Waals surface area contributed by atoms with Crippen LogP contribution in [-0.4, -0.2) is 67.7 Å². The van der Waals surface area contributed by atoms with Gasteiger partial charge in [-0.25, -0.2) is 0 Å². The van der Waals surface area contributed by atoms with Crippen LogP contribution >= 0.6 is 0 Å². The van der Waals surface area contributed by atoms with Gasteiger partial charge in [0.25, 0.3) is 5.91 Å². The maximum atomic E-state index is 11.2. The first-order valence-electron chi connectivity index (χ1n) is 4.94. The Kier molecular flexibility index (Phi) is 4.33. The quantitative estimate of drug-likeness (QED) is 0.256. The predicted molar refractivity (Wildman–Crippen MR) is 49.9 cm³/mol. The molecule has 7 N–H and O–H groups in total. The highest BCUT2D eigenvalue weighted by molar-refractivity contribution is 6.08. The molecule has 0 aromatic carbocycles. The van der Waals surface area contributed by atoms with Crippen molar-refractivity contribution in [1.82, 2.24) is 0 Å². The lowest BCUT2D eigenvalue weighted by atomic mass is 9.86. The molecule has 0 saturated heterocycles. The number of hydrogen-bond donors (Lipinski definition) is 6. The first-order chi connectivity index (χ1) is 7.73. The smallest absolute Gasteiger partial charge is 0.260 e. The highest BCUT2D eigenvalue weighted by Gasteiger charge is 2.51. The lowest BCUT2D eigenvalue weighted by molar-refractivity contribution is -0.179. The summed E-state index contributed by atoms with van der Waals surface area (Å²) >= 11 is 0. The zero-order valence-electron chi connectivity index (χ0n) is 9.28. The number of carbonyl (C=O) groups is 2. The summed E-state index contributed by atoms with van der Waals surface area (Å²) in [6.45, 7) is -2.03. The van der Waals surface area contributed by atoms with Crippen molar-refractivity contribution in [3.8, 4) is 0 Å². The maximum absolute atomic E-state index is 11.2. The molecule has 0 saturated carbocycles. The number of aliphatic hydroxyl groups is 5. The molecule has 8 heteroatoms. The zero-order valence-corrected chi connectivity index (χ0v) is 8.28. The van der Waals surface area contributed by atoms with Gasteiger partial charge in [-0.2, -0.15) is 0 Å². The van der Waals surface area contributed by atoms with Crippen LogP contribution in [0.1, 0.15) is 8.27 Å². The Morgan fingerprint density at radius 3 is 2.25 bits per heavy atom. The van der Waals surface area contributed by atoms with Gasteiger partial charge in [-0.15, -0.1) is 0 Å². The van der Waals surface area contributed by atoms with Crippen molar-refractivity contribution in [2.45, 2.75) is 30.8 Å². The topological polar surface area (TPSA) is 161 Å². The van der Waals surface area contributed by atoms with E-state index in [9.17, 15) is 24.9 Å². The Bertz CT molecular complexity index is 300. The summed E-state index contributed by atoms with van der Waals surface area (Å²) in [5, 5.41) is 45.8. The first kappa shape index (κ1) is 13.0. The number of hydrogen-bond acceptors (Lipinski definition) is 7. The van der Waals surface area contributed by atoms with E-state index >= 15 is 0 Å². The second kappa shape index (κ2) is 5.32. The number of carbonyl (C=O) groups excluding carboxylic acids is 2. The van der Waals surface area contributed by atoms with E-state index in [1.165, 1.54) is 0 Å². The Morgan fingerprint density at radius 2 is 1.94 bits per heavy atom. The Hall–Kier alpha value is -1.06. The average molecular weight is 238 g/mol. The summed E-state index contributed by atoms with van der Waals surface area (Å²) in [7, 11) is 0. The summed E-state index contributed by atoms with van der Waals surface area (Å²) in [6.07, 6.45) is -6.50. The predicted octanol–water partition coefficient (Wildman–Crippen LogP) is -4.13. The van der Waals surface area contributed by atoms with Gasteiger partial charge < -0.3 is 31.3 Å². The van der Waals surface area contributed by atoms with Crippen LogP contribution in [0.3, 0.4) is 0 Å². The van der Waals surface area contributed by atoms with Crippen molar-refractivity contribution in [3.05, 3.63) is 0 Å². The van der Waals surface area contributed by atoms with Crippen LogP contribution < -0.4 is 5.73 Å². The molecule has 94 valence electrons. The van der Waals surface area contributed by atoms with Crippen LogP contribution in [0.2, 0.25) is 0 Å². The highest BCUT2D eigenvalue weighted by atomic mass is 16.4. The molecule has 0 fully saturated rings. The maximum Gasteiger partial charge on any atom is 0.260 e. The van der Waals surface area contributed by atoms with Crippen LogP contribution in [0.15, 0.2) is 0 Å². The third kappa shape index (κ3) is 2.54. The van der Waals surface area contributed by atoms with E-state index in [1.807, 2.05) is 0 Å². The molecule has 0 aromatic rings. The minimum Gasteiger partial charge on any atom is -0.394 e. The molecule has 0 aliphatic carbocycles. The molecule has 16 heavy (non-hydrogen) atoms. The SMILES string of the molecule is [2H]CC(=O)[C@](O)(C(N)=O)[C@@H](O)[C@@H](O)[C@H](O)CO. The van der Waals surface area contributed by atoms with Gasteiger partial charge in [-0.1, -0.05) is 0 Å². The van der Waals surface area contributed by atoms with Gasteiger partial charge in [0.05, 0.1) is 6.61 Å². The Morgan fingerprint density at radius 1 is 1.44 bits per heavy atom. The summed E-state index contributed by atoms with van der Waals surface area (Å²) in [5.41, 5.74) is 1.54. The van der Waals surface area contributed by atoms with Crippen LogP contribution in [0.5, 0.6) is 0 Å². The molecule has 0 rings (SSSR count). The number of amides is 1. The summed E-state index contributed by atoms with van der Waals surface area (Å²) < 4.78 is 6.72. The largest absolute Gasteiger partial charge is 0.394 e. The third-order valence-electron chi connectivity index (χ3n) is 2.13. The van der Waals surface area contributed by atoms with E-state index in [2.05, 4.69) is 0 Å². The summed E-state index contributed by atoms with van der Waals surface area (Å²) in [4.78, 5) is 22.1. The number of Topliss-reactive ketones (excluding diaryl/α,β-unsaturated/α-hetero) is 1. The van der Waals surface area contributed by atoms with Crippen molar-refractivity contribution >= 4 is 11.7 Å². The van der Waals surface area contributed by atoms with Gasteiger partial charge in [0.15, 0.2) is 5.78 Å². The molecule has 8 nitrogen and oxygen atoms in total. The monoisotopic (exact) mass is 238 g/mol. The lowest BCUT2D eigenvalue weighted by Gasteiger charge is -2.31. The molecular weight excluding hydrogens is 222 g/mol. The standard InChI is InChI=1S/C8H15NO7/c1-3(11)8(16,7(9)15)6(14)5(13)4(12)2-10/h4-6,10,12-14,16H,2H2,1H3,(H2,9,15)/t4-,5+,6+,8-/m1/s1/i1D. The Labute approximate surface area is 92.3 Å². The molecule has 0 heterocycles. The minimum atomic E-state index is -3.18. The van der Waals surface area contributed by atoms with E-state index in [-0.39, 0.29) is 0 Å². The number of nitrogens with two attached hydrogens (primary N) is 1. The molecular formula is C8H15NO7. The van der Waals surface area contributed by atoms with Gasteiger partial charge in [0.1, 0.15) is 18.3 Å². The van der Waals surface area contributed by atoms with Gasteiger partial charge in [0, 0.05) is 1.37 Å². The van der Waals surface area contributed by atoms with E-state index in [0.29, 0.717) is 0 Å². The molecule has 0 aliphatic rings. The fraction of sp³-hybridized carbons (Fsp3) is 0.750. The van der Waals surface area contributed by atoms with Crippen molar-refractivity contribution in [3.63, 3.8) is 0 Å². The second-order valence-electron chi connectivity index (χ2n) is 3.24. The van der Waals surface area contributed by atoms with Gasteiger partial charge in [-0.05, 0) is 6.90 Å². The number of aliphatic hydroxyl groups excluding tert-OH is 4. The van der Waals surface area contributed by atoms with Crippen molar-refractivity contribution in [1.29, 1.82) is 0 Å². The van der Waals surface area contributed by atoms with E-state index in [0.717, 1.165) is 0 Å². The van der Waals surface area contributed by atoms with Gasteiger partial charge >= 0.3 is 0 Å². The second-order valence-corrected chi connectivity index (χ2v) is 3.24. The van der Waals surface area contributed by atoms with Crippen LogP contribution in [-0.2, 0) is 9.59 Å². The van der Waals surface area contributed by atoms with E-state index < -0.39 is 49.1 Å². The number of primary amides is 1. The number of rotatable bonds is 6. The average Bonchev–Trinajstić information content (AvgIpc) is 2.33. The van der Waals surface area contributed by atoms with Crippen molar-refractivity contribution < 1.29 is 36.5 Å². The van der Waals surface area contributed by atoms with Gasteiger partial charge in [0.2, 0.25) is 5.60 Å². The fourth-order valence-electron chi connectivity index (χ4n) is 1.01. The molecule has 0 aliphatic heterocycles. The van der Waals surface area contributed by atoms with Gasteiger partial charge in [-0.3, -0.25) is 9.59 Å². The fourth-order valence-corrected chi connectivity index (χ4v) is 1.01. The van der Waals surface area contributed by atoms with Crippen LogP contribution in [0, 0.1) is 0 Å². The molecule has 1 amide bonds. The third-order valence-corrected chi connectivity index (χ3v) is 2.13.